The van der Waals surface area contributed by atoms with Crippen molar-refractivity contribution in [1.82, 2.24) is 4.98 Å². The number of thiazole rings is 1. The molecule has 6 nitrogen and oxygen atoms in total. The zero-order chi connectivity index (χ0) is 18.9. The van der Waals surface area contributed by atoms with Crippen molar-refractivity contribution in [2.45, 2.75) is 39.5 Å². The van der Waals surface area contributed by atoms with Crippen molar-refractivity contribution in [3.63, 3.8) is 0 Å². The number of aromatic nitrogens is 1. The first kappa shape index (κ1) is 19.9. The molecule has 26 heavy (non-hydrogen) atoms. The Kier molecular flexibility index (Phi) is 7.59. The molecule has 2 N–H and O–H groups in total. The van der Waals surface area contributed by atoms with Gasteiger partial charge in [-0.15, -0.1) is 0 Å². The fraction of sp³-hybridized carbons (Fsp3) is 0.421. The van der Waals surface area contributed by atoms with Crippen LogP contribution in [0.5, 0.6) is 0 Å². The molecule has 1 heterocycles. The molecule has 0 fully saturated rings. The van der Waals surface area contributed by atoms with Gasteiger partial charge in [-0.2, -0.15) is 0 Å². The third-order valence-corrected chi connectivity index (χ3v) is 4.84. The number of carbonyl (C=O) groups is 2. The number of hydrogen-bond donors (Lipinski definition) is 2. The molecule has 140 valence electrons. The van der Waals surface area contributed by atoms with Crippen LogP contribution in [0.15, 0.2) is 30.3 Å². The van der Waals surface area contributed by atoms with Crippen molar-refractivity contribution in [2.75, 3.05) is 17.7 Å². The van der Waals surface area contributed by atoms with E-state index in [1.807, 2.05) is 30.3 Å². The second-order valence-electron chi connectivity index (χ2n) is 5.94. The van der Waals surface area contributed by atoms with Gasteiger partial charge < -0.3 is 10.1 Å². The van der Waals surface area contributed by atoms with Crippen LogP contribution in [0.3, 0.4) is 0 Å². The van der Waals surface area contributed by atoms with E-state index in [4.69, 9.17) is 0 Å². The third kappa shape index (κ3) is 5.29. The van der Waals surface area contributed by atoms with Crippen LogP contribution in [0.1, 0.15) is 39.5 Å². The highest BCUT2D eigenvalue weighted by molar-refractivity contribution is 7.20. The van der Waals surface area contributed by atoms with Gasteiger partial charge in [-0.05, 0) is 12.8 Å². The number of carbonyl (C=O) groups excluding carboxylic acids is 2. The first-order valence-electron chi connectivity index (χ1n) is 8.81. The number of benzene rings is 1. The summed E-state index contributed by atoms with van der Waals surface area (Å²) in [7, 11) is 1.30. The molecule has 0 saturated carbocycles. The minimum atomic E-state index is -0.592. The van der Waals surface area contributed by atoms with Crippen LogP contribution >= 0.6 is 11.3 Å². The molecular formula is C19H25N3O3S. The van der Waals surface area contributed by atoms with E-state index in [0.717, 1.165) is 31.2 Å². The zero-order valence-electron chi connectivity index (χ0n) is 15.4. The first-order chi connectivity index (χ1) is 12.6. The quantitative estimate of drug-likeness (QED) is 0.669. The highest BCUT2D eigenvalue weighted by Crippen LogP contribution is 2.36. The lowest BCUT2D eigenvalue weighted by Crippen LogP contribution is -2.22. The lowest BCUT2D eigenvalue weighted by Gasteiger charge is -2.14. The minimum absolute atomic E-state index is 0.000788. The van der Waals surface area contributed by atoms with Crippen LogP contribution in [0.4, 0.5) is 14.9 Å². The van der Waals surface area contributed by atoms with Gasteiger partial charge in [0.15, 0.2) is 5.13 Å². The van der Waals surface area contributed by atoms with Crippen molar-refractivity contribution in [2.24, 2.45) is 5.92 Å². The Morgan fingerprint density at radius 2 is 1.77 bits per heavy atom. The average molecular weight is 375 g/mol. The standard InChI is InChI=1S/C19H25N3O3S/c1-4-9-14(10-5-2)16(23)21-17-15(13-11-7-6-8-12-13)20-18(26-17)22-19(24)25-3/h6-8,11-12,14H,4-5,9-10H2,1-3H3,(H,21,23)(H,20,22,24). The summed E-state index contributed by atoms with van der Waals surface area (Å²) < 4.78 is 4.62. The van der Waals surface area contributed by atoms with Crippen LogP contribution in [0.25, 0.3) is 11.3 Å². The molecule has 0 saturated heterocycles. The molecule has 0 unspecified atom stereocenters. The molecule has 0 radical (unpaired) electrons. The molecule has 0 atom stereocenters. The largest absolute Gasteiger partial charge is 0.453 e. The Labute approximate surface area is 158 Å². The van der Waals surface area contributed by atoms with E-state index in [1.165, 1.54) is 18.4 Å². The van der Waals surface area contributed by atoms with Crippen LogP contribution in [-0.2, 0) is 9.53 Å². The van der Waals surface area contributed by atoms with Crippen molar-refractivity contribution in [3.8, 4) is 11.3 Å². The summed E-state index contributed by atoms with van der Waals surface area (Å²) in [5.41, 5.74) is 1.52. The van der Waals surface area contributed by atoms with Crippen molar-refractivity contribution in [1.29, 1.82) is 0 Å². The number of rotatable bonds is 8. The average Bonchev–Trinajstić information content (AvgIpc) is 3.04. The molecule has 1 aromatic carbocycles. The van der Waals surface area contributed by atoms with E-state index in [2.05, 4.69) is 34.2 Å². The lowest BCUT2D eigenvalue weighted by molar-refractivity contribution is -0.120. The van der Waals surface area contributed by atoms with Crippen LogP contribution in [0.2, 0.25) is 0 Å². The Hall–Kier alpha value is -2.41. The summed E-state index contributed by atoms with van der Waals surface area (Å²) in [6, 6.07) is 9.57. The fourth-order valence-electron chi connectivity index (χ4n) is 2.71. The first-order valence-corrected chi connectivity index (χ1v) is 9.62. The molecule has 7 heteroatoms. The maximum atomic E-state index is 12.7. The predicted octanol–water partition coefficient (Wildman–Crippen LogP) is 5.14. The second kappa shape index (κ2) is 9.91. The van der Waals surface area contributed by atoms with Gasteiger partial charge in [0, 0.05) is 11.5 Å². The van der Waals surface area contributed by atoms with Gasteiger partial charge in [-0.1, -0.05) is 68.4 Å². The van der Waals surface area contributed by atoms with Crippen LogP contribution in [0, 0.1) is 5.92 Å². The number of nitrogens with one attached hydrogen (secondary N) is 2. The third-order valence-electron chi connectivity index (χ3n) is 3.95. The minimum Gasteiger partial charge on any atom is -0.453 e. The monoisotopic (exact) mass is 375 g/mol. The number of ether oxygens (including phenoxy) is 1. The summed E-state index contributed by atoms with van der Waals surface area (Å²) in [4.78, 5) is 28.7. The van der Waals surface area contributed by atoms with Gasteiger partial charge in [-0.3, -0.25) is 10.1 Å². The number of amides is 2. The van der Waals surface area contributed by atoms with E-state index in [9.17, 15) is 9.59 Å². The molecule has 0 spiro atoms. The van der Waals surface area contributed by atoms with Gasteiger partial charge in [0.1, 0.15) is 10.7 Å². The topological polar surface area (TPSA) is 80.3 Å². The Morgan fingerprint density at radius 3 is 2.35 bits per heavy atom. The highest BCUT2D eigenvalue weighted by atomic mass is 32.1. The molecular weight excluding hydrogens is 350 g/mol. The molecule has 2 rings (SSSR count). The molecule has 2 amide bonds. The summed E-state index contributed by atoms with van der Waals surface area (Å²) in [6.45, 7) is 4.16. The number of hydrogen-bond acceptors (Lipinski definition) is 5. The number of nitrogens with zero attached hydrogens (tertiary/aromatic N) is 1. The molecule has 0 aliphatic carbocycles. The summed E-state index contributed by atoms with van der Waals surface area (Å²) >= 11 is 1.22. The Balaban J connectivity index is 2.29. The van der Waals surface area contributed by atoms with Gasteiger partial charge in [0.05, 0.1) is 7.11 Å². The molecule has 2 aromatic rings. The Bertz CT molecular complexity index is 725. The fourth-order valence-corrected chi connectivity index (χ4v) is 3.58. The number of methoxy groups -OCH3 is 1. The van der Waals surface area contributed by atoms with E-state index in [-0.39, 0.29) is 11.8 Å². The Morgan fingerprint density at radius 1 is 1.12 bits per heavy atom. The normalized spacial score (nSPS) is 10.6. The molecule has 0 aliphatic heterocycles. The predicted molar refractivity (Wildman–Crippen MR) is 106 cm³/mol. The van der Waals surface area contributed by atoms with E-state index >= 15 is 0 Å². The van der Waals surface area contributed by atoms with Crippen molar-refractivity contribution >= 4 is 33.5 Å². The van der Waals surface area contributed by atoms with E-state index in [1.54, 1.807) is 0 Å². The second-order valence-corrected chi connectivity index (χ2v) is 6.94. The maximum absolute atomic E-state index is 12.7. The van der Waals surface area contributed by atoms with Gasteiger partial charge in [0.2, 0.25) is 5.91 Å². The maximum Gasteiger partial charge on any atom is 0.413 e. The van der Waals surface area contributed by atoms with Crippen molar-refractivity contribution in [3.05, 3.63) is 30.3 Å². The lowest BCUT2D eigenvalue weighted by atomic mass is 9.97. The molecule has 1 aromatic heterocycles. The van der Waals surface area contributed by atoms with E-state index < -0.39 is 6.09 Å². The van der Waals surface area contributed by atoms with Crippen LogP contribution < -0.4 is 10.6 Å². The SMILES string of the molecule is CCCC(CCC)C(=O)Nc1sc(NC(=O)OC)nc1-c1ccccc1. The zero-order valence-corrected chi connectivity index (χ0v) is 16.2. The smallest absolute Gasteiger partial charge is 0.413 e. The van der Waals surface area contributed by atoms with Gasteiger partial charge >= 0.3 is 6.09 Å². The van der Waals surface area contributed by atoms with Gasteiger partial charge in [0.25, 0.3) is 0 Å². The summed E-state index contributed by atoms with van der Waals surface area (Å²) in [5, 5.41) is 6.60. The van der Waals surface area contributed by atoms with Gasteiger partial charge in [-0.25, -0.2) is 9.78 Å². The summed E-state index contributed by atoms with van der Waals surface area (Å²) in [6.07, 6.45) is 3.04. The number of anilines is 2. The molecule has 0 aliphatic rings. The highest BCUT2D eigenvalue weighted by Gasteiger charge is 2.21. The van der Waals surface area contributed by atoms with Crippen LogP contribution in [-0.4, -0.2) is 24.1 Å². The van der Waals surface area contributed by atoms with E-state index in [0.29, 0.717) is 15.8 Å². The molecule has 0 bridgehead atoms. The van der Waals surface area contributed by atoms with Crippen molar-refractivity contribution < 1.29 is 14.3 Å². The summed E-state index contributed by atoms with van der Waals surface area (Å²) in [5.74, 6) is -0.0214.